The van der Waals surface area contributed by atoms with E-state index in [0.29, 0.717) is 6.54 Å². The number of alkyl halides is 3. The number of hydrogen-bond donors (Lipinski definition) is 0. The zero-order valence-corrected chi connectivity index (χ0v) is 18.6. The molecule has 0 saturated carbocycles. The third-order valence-corrected chi connectivity index (χ3v) is 7.93. The number of aromatic nitrogens is 2. The molecule has 2 fully saturated rings. The lowest BCUT2D eigenvalue weighted by Gasteiger charge is -2.38. The molecule has 4 rings (SSSR count). The number of piperazine rings is 1. The fraction of sp³-hybridized carbons (Fsp3) is 0.476. The van der Waals surface area contributed by atoms with Gasteiger partial charge in [0.15, 0.2) is 0 Å². The van der Waals surface area contributed by atoms with Gasteiger partial charge in [-0.1, -0.05) is 0 Å². The smallest absolute Gasteiger partial charge is 0.355 e. The summed E-state index contributed by atoms with van der Waals surface area (Å²) < 4.78 is 65.2. The second-order valence-corrected chi connectivity index (χ2v) is 10.0. The summed E-state index contributed by atoms with van der Waals surface area (Å²) in [5, 5.41) is 0. The van der Waals surface area contributed by atoms with E-state index in [1.54, 1.807) is 23.5 Å². The Bertz CT molecular complexity index is 1070. The number of benzene rings is 1. The van der Waals surface area contributed by atoms with Gasteiger partial charge in [0.2, 0.25) is 15.9 Å². The van der Waals surface area contributed by atoms with Crippen molar-refractivity contribution in [1.29, 1.82) is 0 Å². The molecule has 0 spiro atoms. The summed E-state index contributed by atoms with van der Waals surface area (Å²) >= 11 is 0. The average Bonchev–Trinajstić information content (AvgIpc) is 2.84. The normalized spacial score (nSPS) is 20.6. The summed E-state index contributed by atoms with van der Waals surface area (Å²) in [6, 6.07) is 3.47. The monoisotopic (exact) mass is 483 g/mol. The molecular weight excluding hydrogens is 459 g/mol. The molecule has 0 N–H and O–H groups in total. The Labute approximate surface area is 190 Å². The number of halogens is 3. The van der Waals surface area contributed by atoms with Crippen LogP contribution < -0.4 is 4.90 Å². The first-order valence-corrected chi connectivity index (χ1v) is 12.1. The van der Waals surface area contributed by atoms with Crippen molar-refractivity contribution in [2.24, 2.45) is 5.92 Å². The van der Waals surface area contributed by atoms with E-state index < -0.39 is 21.8 Å². The molecule has 2 aliphatic heterocycles. The number of hydrogen-bond acceptors (Lipinski definition) is 6. The Kier molecular flexibility index (Phi) is 6.57. The fourth-order valence-corrected chi connectivity index (χ4v) is 5.64. The van der Waals surface area contributed by atoms with Gasteiger partial charge in [0.05, 0.1) is 22.6 Å². The molecule has 178 valence electrons. The molecule has 1 aromatic carbocycles. The van der Waals surface area contributed by atoms with E-state index in [9.17, 15) is 26.4 Å². The van der Waals surface area contributed by atoms with E-state index in [0.717, 1.165) is 49.5 Å². The molecule has 2 saturated heterocycles. The second kappa shape index (κ2) is 9.26. The lowest BCUT2D eigenvalue weighted by Crippen LogP contribution is -2.53. The Morgan fingerprint density at radius 3 is 2.30 bits per heavy atom. The molecule has 33 heavy (non-hydrogen) atoms. The van der Waals surface area contributed by atoms with Gasteiger partial charge in [0, 0.05) is 51.7 Å². The van der Waals surface area contributed by atoms with Gasteiger partial charge in [-0.05, 0) is 37.1 Å². The number of carbonyl (C=O) groups is 1. The number of piperidine rings is 1. The van der Waals surface area contributed by atoms with Gasteiger partial charge in [0.25, 0.3) is 0 Å². The van der Waals surface area contributed by atoms with Crippen LogP contribution in [0.15, 0.2) is 47.8 Å². The number of anilines is 1. The van der Waals surface area contributed by atoms with Crippen LogP contribution >= 0.6 is 0 Å². The van der Waals surface area contributed by atoms with Gasteiger partial charge >= 0.3 is 6.18 Å². The van der Waals surface area contributed by atoms with Crippen molar-refractivity contribution in [2.45, 2.75) is 23.9 Å². The van der Waals surface area contributed by atoms with E-state index in [2.05, 4.69) is 9.97 Å². The van der Waals surface area contributed by atoms with Crippen LogP contribution in [0.4, 0.5) is 19.0 Å². The SMILES string of the molecule is O=C(C1CCCN(c2cnccn2)C1)N1CCN(S(=O)(=O)c2ccc(C(F)(F)F)cc2)CC1. The standard InChI is InChI=1S/C21H24F3N5O3S/c22-21(23,24)17-3-5-18(6-4-17)33(31,32)29-12-10-27(11-13-29)20(30)16-2-1-9-28(15-16)19-14-25-7-8-26-19/h3-8,14,16H,1-2,9-13,15H2. The summed E-state index contributed by atoms with van der Waals surface area (Å²) in [7, 11) is -3.94. The van der Waals surface area contributed by atoms with Gasteiger partial charge in [-0.3, -0.25) is 9.78 Å². The van der Waals surface area contributed by atoms with Gasteiger partial charge in [-0.15, -0.1) is 0 Å². The minimum Gasteiger partial charge on any atom is -0.355 e. The van der Waals surface area contributed by atoms with E-state index in [-0.39, 0.29) is 42.9 Å². The molecule has 1 aromatic heterocycles. The van der Waals surface area contributed by atoms with Crippen molar-refractivity contribution in [3.63, 3.8) is 0 Å². The molecular formula is C21H24F3N5O3S. The summed E-state index contributed by atoms with van der Waals surface area (Å²) in [4.78, 5) is 25.0. The molecule has 2 aliphatic rings. The molecule has 0 aliphatic carbocycles. The summed E-state index contributed by atoms with van der Waals surface area (Å²) in [6.07, 6.45) is 1.92. The maximum Gasteiger partial charge on any atom is 0.416 e. The number of rotatable bonds is 4. The maximum atomic E-state index is 13.1. The summed E-state index contributed by atoms with van der Waals surface area (Å²) in [5.41, 5.74) is -0.903. The predicted octanol–water partition coefficient (Wildman–Crippen LogP) is 2.24. The third kappa shape index (κ3) is 5.11. The molecule has 1 amide bonds. The van der Waals surface area contributed by atoms with Gasteiger partial charge in [-0.2, -0.15) is 17.5 Å². The van der Waals surface area contributed by atoms with Gasteiger partial charge in [0.1, 0.15) is 5.82 Å². The molecule has 1 atom stereocenters. The number of amides is 1. The first-order chi connectivity index (χ1) is 15.7. The Morgan fingerprint density at radius 2 is 1.70 bits per heavy atom. The highest BCUT2D eigenvalue weighted by molar-refractivity contribution is 7.89. The number of nitrogens with zero attached hydrogens (tertiary/aromatic N) is 5. The third-order valence-electron chi connectivity index (χ3n) is 6.01. The van der Waals surface area contributed by atoms with E-state index in [1.807, 2.05) is 4.90 Å². The highest BCUT2D eigenvalue weighted by atomic mass is 32.2. The van der Waals surface area contributed by atoms with Crippen molar-refractivity contribution < 1.29 is 26.4 Å². The lowest BCUT2D eigenvalue weighted by molar-refractivity contribution is -0.138. The quantitative estimate of drug-likeness (QED) is 0.663. The van der Waals surface area contributed by atoms with Crippen LogP contribution in [0.25, 0.3) is 0 Å². The molecule has 0 bridgehead atoms. The zero-order valence-electron chi connectivity index (χ0n) is 17.8. The highest BCUT2D eigenvalue weighted by Gasteiger charge is 2.35. The average molecular weight is 484 g/mol. The topological polar surface area (TPSA) is 86.7 Å². The molecule has 3 heterocycles. The van der Waals surface area contributed by atoms with Crippen molar-refractivity contribution >= 4 is 21.7 Å². The minimum absolute atomic E-state index is 0.0184. The Balaban J connectivity index is 1.36. The molecule has 8 nitrogen and oxygen atoms in total. The summed E-state index contributed by atoms with van der Waals surface area (Å²) in [6.45, 7) is 1.98. The van der Waals surface area contributed by atoms with Gasteiger partial charge in [-0.25, -0.2) is 13.4 Å². The zero-order chi connectivity index (χ0) is 23.6. The molecule has 2 aromatic rings. The maximum absolute atomic E-state index is 13.1. The van der Waals surface area contributed by atoms with Crippen molar-refractivity contribution in [3.05, 3.63) is 48.4 Å². The first-order valence-electron chi connectivity index (χ1n) is 10.6. The van der Waals surface area contributed by atoms with Crippen LogP contribution in [0.5, 0.6) is 0 Å². The Morgan fingerprint density at radius 1 is 1.00 bits per heavy atom. The van der Waals surface area contributed by atoms with Crippen LogP contribution in [0.2, 0.25) is 0 Å². The number of carbonyl (C=O) groups excluding carboxylic acids is 1. The summed E-state index contributed by atoms with van der Waals surface area (Å²) in [5.74, 6) is 0.497. The second-order valence-electron chi connectivity index (χ2n) is 8.10. The van der Waals surface area contributed by atoms with Crippen LogP contribution in [0, 0.1) is 5.92 Å². The molecule has 12 heteroatoms. The van der Waals surface area contributed by atoms with Crippen LogP contribution in [0.1, 0.15) is 18.4 Å². The largest absolute Gasteiger partial charge is 0.416 e. The highest BCUT2D eigenvalue weighted by Crippen LogP contribution is 2.30. The van der Waals surface area contributed by atoms with Crippen molar-refractivity contribution in [3.8, 4) is 0 Å². The lowest BCUT2D eigenvalue weighted by atomic mass is 9.96. The Hall–Kier alpha value is -2.73. The predicted molar refractivity (Wildman–Crippen MR) is 114 cm³/mol. The molecule has 1 unspecified atom stereocenters. The van der Waals surface area contributed by atoms with Crippen molar-refractivity contribution in [2.75, 3.05) is 44.2 Å². The fourth-order valence-electron chi connectivity index (χ4n) is 4.21. The van der Waals surface area contributed by atoms with Gasteiger partial charge < -0.3 is 9.80 Å². The van der Waals surface area contributed by atoms with Crippen LogP contribution in [0.3, 0.4) is 0 Å². The van der Waals surface area contributed by atoms with Crippen molar-refractivity contribution in [1.82, 2.24) is 19.2 Å². The number of sulfonamides is 1. The van der Waals surface area contributed by atoms with E-state index >= 15 is 0 Å². The van der Waals surface area contributed by atoms with Crippen LogP contribution in [-0.2, 0) is 21.0 Å². The molecule has 0 radical (unpaired) electrons. The van der Waals surface area contributed by atoms with E-state index in [4.69, 9.17) is 0 Å². The van der Waals surface area contributed by atoms with E-state index in [1.165, 1.54) is 4.31 Å². The van der Waals surface area contributed by atoms with Crippen LogP contribution in [-0.4, -0.2) is 72.8 Å². The minimum atomic E-state index is -4.53. The first kappa shape index (κ1) is 23.4.